The average Bonchev–Trinajstić information content (AvgIpc) is 2.78. The van der Waals surface area contributed by atoms with E-state index in [0.29, 0.717) is 11.6 Å². The van der Waals surface area contributed by atoms with Gasteiger partial charge < -0.3 is 10.3 Å². The van der Waals surface area contributed by atoms with E-state index in [0.717, 1.165) is 28.4 Å². The van der Waals surface area contributed by atoms with Gasteiger partial charge in [-0.3, -0.25) is 0 Å². The summed E-state index contributed by atoms with van der Waals surface area (Å²) < 4.78 is 0. The van der Waals surface area contributed by atoms with Gasteiger partial charge in [-0.25, -0.2) is 9.97 Å². The number of hydrogen-bond donors (Lipinski definition) is 2. The number of benzene rings is 1. The zero-order chi connectivity index (χ0) is 13.2. The van der Waals surface area contributed by atoms with E-state index < -0.39 is 0 Å². The molecule has 4 nitrogen and oxygen atoms in total. The largest absolute Gasteiger partial charge is 0.378 e. The number of pyridine rings is 1. The van der Waals surface area contributed by atoms with Crippen LogP contribution in [0.4, 0.5) is 5.69 Å². The molecule has 0 aliphatic carbocycles. The second-order valence-corrected chi connectivity index (χ2v) is 4.81. The number of aromatic amines is 1. The number of rotatable bonds is 3. The highest BCUT2D eigenvalue weighted by molar-refractivity contribution is 6.30. The van der Waals surface area contributed by atoms with E-state index in [-0.39, 0.29) is 0 Å². The smallest absolute Gasteiger partial charge is 0.178 e. The molecule has 0 radical (unpaired) electrons. The average molecular weight is 273 g/mol. The fraction of sp³-hybridized carbons (Fsp3) is 0.143. The van der Waals surface area contributed by atoms with Crippen molar-refractivity contribution < 1.29 is 0 Å². The second kappa shape index (κ2) is 4.90. The van der Waals surface area contributed by atoms with Gasteiger partial charge in [-0.05, 0) is 37.3 Å². The number of fused-ring (bicyclic) bond motifs is 1. The summed E-state index contributed by atoms with van der Waals surface area (Å²) in [5, 5.41) is 3.99. The van der Waals surface area contributed by atoms with Crippen LogP contribution in [0.2, 0.25) is 5.02 Å². The summed E-state index contributed by atoms with van der Waals surface area (Å²) in [5.41, 5.74) is 3.64. The van der Waals surface area contributed by atoms with Crippen LogP contribution in [-0.4, -0.2) is 15.0 Å². The third kappa shape index (κ3) is 2.69. The van der Waals surface area contributed by atoms with Gasteiger partial charge in [0.15, 0.2) is 5.65 Å². The Morgan fingerprint density at radius 1 is 1.21 bits per heavy atom. The van der Waals surface area contributed by atoms with Crippen molar-refractivity contribution in [1.29, 1.82) is 0 Å². The lowest BCUT2D eigenvalue weighted by Gasteiger charge is -2.03. The molecule has 5 heteroatoms. The molecule has 0 amide bonds. The van der Waals surface area contributed by atoms with Gasteiger partial charge in [-0.15, -0.1) is 0 Å². The van der Waals surface area contributed by atoms with Crippen molar-refractivity contribution in [1.82, 2.24) is 15.0 Å². The molecule has 0 bridgehead atoms. The predicted octanol–water partition coefficient (Wildman–Crippen LogP) is 3.53. The van der Waals surface area contributed by atoms with Gasteiger partial charge in [0.25, 0.3) is 0 Å². The molecule has 0 aliphatic rings. The zero-order valence-corrected chi connectivity index (χ0v) is 11.2. The van der Waals surface area contributed by atoms with Crippen LogP contribution in [0.25, 0.3) is 11.2 Å². The highest BCUT2D eigenvalue weighted by Crippen LogP contribution is 2.16. The summed E-state index contributed by atoms with van der Waals surface area (Å²) in [6.07, 6.45) is 0. The fourth-order valence-electron chi connectivity index (χ4n) is 1.90. The third-order valence-electron chi connectivity index (χ3n) is 2.82. The van der Waals surface area contributed by atoms with Crippen molar-refractivity contribution in [3.63, 3.8) is 0 Å². The summed E-state index contributed by atoms with van der Waals surface area (Å²) in [4.78, 5) is 12.1. The maximum absolute atomic E-state index is 5.93. The topological polar surface area (TPSA) is 53.6 Å². The minimum Gasteiger partial charge on any atom is -0.378 e. The van der Waals surface area contributed by atoms with Crippen LogP contribution in [0, 0.1) is 6.92 Å². The fourth-order valence-corrected chi connectivity index (χ4v) is 2.10. The van der Waals surface area contributed by atoms with E-state index in [2.05, 4.69) is 20.3 Å². The second-order valence-electron chi connectivity index (χ2n) is 4.37. The molecule has 3 aromatic rings. The molecule has 19 heavy (non-hydrogen) atoms. The number of imidazole rings is 1. The van der Waals surface area contributed by atoms with Gasteiger partial charge in [-0.1, -0.05) is 17.7 Å². The normalized spacial score (nSPS) is 10.8. The molecule has 0 aliphatic heterocycles. The number of H-pyrrole nitrogens is 1. The van der Waals surface area contributed by atoms with Crippen LogP contribution >= 0.6 is 11.6 Å². The Balaban J connectivity index is 1.78. The van der Waals surface area contributed by atoms with E-state index >= 15 is 0 Å². The van der Waals surface area contributed by atoms with Gasteiger partial charge in [0.1, 0.15) is 5.82 Å². The van der Waals surface area contributed by atoms with Gasteiger partial charge in [0, 0.05) is 16.4 Å². The Bertz CT molecular complexity index is 720. The molecule has 96 valence electrons. The Morgan fingerprint density at radius 2 is 2.11 bits per heavy atom. The van der Waals surface area contributed by atoms with Gasteiger partial charge in [-0.2, -0.15) is 0 Å². The number of aromatic nitrogens is 3. The molecular weight excluding hydrogens is 260 g/mol. The van der Waals surface area contributed by atoms with Crippen molar-refractivity contribution >= 4 is 28.5 Å². The standard InChI is InChI=1S/C14H13ClN4/c1-9-5-6-12-14(17-9)19-13(18-12)8-16-11-4-2-3-10(15)7-11/h2-7,16H,8H2,1H3,(H,17,18,19). The van der Waals surface area contributed by atoms with Gasteiger partial charge in [0.05, 0.1) is 12.1 Å². The molecule has 2 aromatic heterocycles. The number of hydrogen-bond acceptors (Lipinski definition) is 3. The number of nitrogens with zero attached hydrogens (tertiary/aromatic N) is 2. The van der Waals surface area contributed by atoms with E-state index in [4.69, 9.17) is 11.6 Å². The minimum atomic E-state index is 0.607. The first-order valence-electron chi connectivity index (χ1n) is 6.02. The SMILES string of the molecule is Cc1ccc2[nH]c(CNc3cccc(Cl)c3)nc2n1. The molecule has 3 rings (SSSR count). The predicted molar refractivity (Wildman–Crippen MR) is 77.4 cm³/mol. The van der Waals surface area contributed by atoms with Crippen LogP contribution in [0.1, 0.15) is 11.5 Å². The van der Waals surface area contributed by atoms with E-state index in [1.165, 1.54) is 0 Å². The number of nitrogens with one attached hydrogen (secondary N) is 2. The number of aryl methyl sites for hydroxylation is 1. The first kappa shape index (κ1) is 12.0. The zero-order valence-electron chi connectivity index (χ0n) is 10.4. The molecule has 0 fully saturated rings. The lowest BCUT2D eigenvalue weighted by Crippen LogP contribution is -2.00. The number of halogens is 1. The van der Waals surface area contributed by atoms with E-state index in [1.807, 2.05) is 43.3 Å². The Hall–Kier alpha value is -2.07. The summed E-state index contributed by atoms with van der Waals surface area (Å²) in [6, 6.07) is 11.6. The Morgan fingerprint density at radius 3 is 2.95 bits per heavy atom. The maximum atomic E-state index is 5.93. The highest BCUT2D eigenvalue weighted by Gasteiger charge is 2.04. The monoisotopic (exact) mass is 272 g/mol. The molecular formula is C14H13ClN4. The molecule has 1 aromatic carbocycles. The first-order chi connectivity index (χ1) is 9.20. The number of anilines is 1. The summed E-state index contributed by atoms with van der Waals surface area (Å²) in [7, 11) is 0. The third-order valence-corrected chi connectivity index (χ3v) is 3.05. The van der Waals surface area contributed by atoms with Crippen LogP contribution in [-0.2, 0) is 6.54 Å². The molecule has 0 saturated carbocycles. The van der Waals surface area contributed by atoms with Crippen molar-refractivity contribution in [2.75, 3.05) is 5.32 Å². The van der Waals surface area contributed by atoms with Crippen molar-refractivity contribution in [3.8, 4) is 0 Å². The Kier molecular flexibility index (Phi) is 3.09. The van der Waals surface area contributed by atoms with Crippen LogP contribution in [0.5, 0.6) is 0 Å². The molecule has 0 atom stereocenters. The Labute approximate surface area is 115 Å². The quantitative estimate of drug-likeness (QED) is 0.767. The minimum absolute atomic E-state index is 0.607. The van der Waals surface area contributed by atoms with Crippen LogP contribution in [0.15, 0.2) is 36.4 Å². The van der Waals surface area contributed by atoms with E-state index in [1.54, 1.807) is 0 Å². The first-order valence-corrected chi connectivity index (χ1v) is 6.40. The van der Waals surface area contributed by atoms with E-state index in [9.17, 15) is 0 Å². The summed E-state index contributed by atoms with van der Waals surface area (Å²) in [5.74, 6) is 0.855. The molecule has 0 spiro atoms. The van der Waals surface area contributed by atoms with Gasteiger partial charge >= 0.3 is 0 Å². The molecule has 2 heterocycles. The highest BCUT2D eigenvalue weighted by atomic mass is 35.5. The van der Waals surface area contributed by atoms with Crippen molar-refractivity contribution in [3.05, 3.63) is 52.9 Å². The van der Waals surface area contributed by atoms with Crippen LogP contribution in [0.3, 0.4) is 0 Å². The summed E-state index contributed by atoms with van der Waals surface area (Å²) >= 11 is 5.93. The lowest BCUT2D eigenvalue weighted by molar-refractivity contribution is 1.01. The maximum Gasteiger partial charge on any atom is 0.178 e. The lowest BCUT2D eigenvalue weighted by atomic mass is 10.3. The molecule has 0 saturated heterocycles. The summed E-state index contributed by atoms with van der Waals surface area (Å²) in [6.45, 7) is 2.56. The van der Waals surface area contributed by atoms with Crippen molar-refractivity contribution in [2.45, 2.75) is 13.5 Å². The molecule has 2 N–H and O–H groups in total. The molecule has 0 unspecified atom stereocenters. The van der Waals surface area contributed by atoms with Crippen LogP contribution < -0.4 is 5.32 Å². The van der Waals surface area contributed by atoms with Gasteiger partial charge in [0.2, 0.25) is 0 Å². The van der Waals surface area contributed by atoms with Crippen molar-refractivity contribution in [2.24, 2.45) is 0 Å².